The van der Waals surface area contributed by atoms with Gasteiger partial charge in [0.05, 0.1) is 10.2 Å². The van der Waals surface area contributed by atoms with Crippen molar-refractivity contribution in [3.05, 3.63) is 48.2 Å². The minimum Gasteiger partial charge on any atom is -0.377 e. The van der Waals surface area contributed by atoms with Gasteiger partial charge < -0.3 is 15.0 Å². The zero-order chi connectivity index (χ0) is 28.2. The number of benzene rings is 1. The lowest BCUT2D eigenvalue weighted by Gasteiger charge is -2.49. The Balaban J connectivity index is 1.14. The van der Waals surface area contributed by atoms with Crippen LogP contribution in [0.25, 0.3) is 21.3 Å². The number of nitrogens with one attached hydrogen (secondary N) is 1. The first kappa shape index (κ1) is 28.0. The van der Waals surface area contributed by atoms with E-state index in [0.717, 1.165) is 40.7 Å². The maximum atomic E-state index is 13.0. The van der Waals surface area contributed by atoms with Gasteiger partial charge in [0.2, 0.25) is 5.91 Å². The van der Waals surface area contributed by atoms with Crippen LogP contribution in [-0.2, 0) is 20.9 Å². The first-order chi connectivity index (χ1) is 19.4. The van der Waals surface area contributed by atoms with Crippen molar-refractivity contribution in [1.82, 2.24) is 24.8 Å². The number of fused-ring (bicyclic) bond motifs is 1. The number of amides is 2. The zero-order valence-electron chi connectivity index (χ0n) is 23.3. The molecule has 1 saturated heterocycles. The number of rotatable bonds is 8. The monoisotopic (exact) mass is 561 g/mol. The number of thiazole rings is 1. The number of hydrogen-bond donors (Lipinski definition) is 1. The number of nitrogens with zero attached hydrogens (tertiary/aromatic N) is 6. The Kier molecular flexibility index (Phi) is 8.63. The Morgan fingerprint density at radius 1 is 1.18 bits per heavy atom. The highest BCUT2D eigenvalue weighted by atomic mass is 32.1. The third-order valence-corrected chi connectivity index (χ3v) is 8.54. The van der Waals surface area contributed by atoms with Crippen LogP contribution in [0.1, 0.15) is 39.4 Å². The van der Waals surface area contributed by atoms with Gasteiger partial charge in [-0.2, -0.15) is 0 Å². The molecule has 3 aromatic rings. The highest BCUT2D eigenvalue weighted by molar-refractivity contribution is 7.22. The molecule has 2 fully saturated rings. The van der Waals surface area contributed by atoms with Crippen molar-refractivity contribution in [2.75, 3.05) is 32.1 Å². The number of carbonyl (C=O) groups excluding carboxylic acids is 2. The molecule has 5 rings (SSSR count). The van der Waals surface area contributed by atoms with Gasteiger partial charge in [0.15, 0.2) is 11.0 Å². The number of anilines is 1. The maximum absolute atomic E-state index is 13.0. The number of carbonyl (C=O) groups is 2. The van der Waals surface area contributed by atoms with E-state index >= 15 is 0 Å². The fourth-order valence-corrected chi connectivity index (χ4v) is 6.31. The van der Waals surface area contributed by atoms with E-state index in [1.165, 1.54) is 11.3 Å². The van der Waals surface area contributed by atoms with Crippen LogP contribution >= 0.6 is 11.3 Å². The summed E-state index contributed by atoms with van der Waals surface area (Å²) in [6, 6.07) is 6.59. The van der Waals surface area contributed by atoms with Gasteiger partial charge in [-0.05, 0) is 51.3 Å². The summed E-state index contributed by atoms with van der Waals surface area (Å²) in [5.41, 5.74) is 3.24. The molecule has 1 aromatic carbocycles. The van der Waals surface area contributed by atoms with Gasteiger partial charge in [0.25, 0.3) is 5.91 Å². The Morgan fingerprint density at radius 2 is 1.95 bits per heavy atom. The van der Waals surface area contributed by atoms with E-state index < -0.39 is 0 Å². The second-order valence-corrected chi connectivity index (χ2v) is 11.3. The van der Waals surface area contributed by atoms with Gasteiger partial charge in [0.1, 0.15) is 12.3 Å². The van der Waals surface area contributed by atoms with Crippen LogP contribution in [0.4, 0.5) is 5.13 Å². The van der Waals surface area contributed by atoms with Gasteiger partial charge in [-0.3, -0.25) is 19.5 Å². The van der Waals surface area contributed by atoms with Crippen LogP contribution in [0.15, 0.2) is 47.4 Å². The fraction of sp³-hybridized carbons (Fsp3) is 0.448. The summed E-state index contributed by atoms with van der Waals surface area (Å²) >= 11 is 1.47. The minimum absolute atomic E-state index is 0.0192. The zero-order valence-corrected chi connectivity index (χ0v) is 24.1. The lowest BCUT2D eigenvalue weighted by atomic mass is 9.78. The lowest BCUT2D eigenvalue weighted by Crippen LogP contribution is -2.60. The summed E-state index contributed by atoms with van der Waals surface area (Å²) in [6.07, 6.45) is 8.63. The quantitative estimate of drug-likeness (QED) is 0.325. The molecule has 40 heavy (non-hydrogen) atoms. The van der Waals surface area contributed by atoms with E-state index in [2.05, 4.69) is 43.2 Å². The molecule has 11 heteroatoms. The Bertz CT molecular complexity index is 1430. The predicted octanol–water partition coefficient (Wildman–Crippen LogP) is 4.14. The molecule has 0 bridgehead atoms. The molecule has 2 aromatic heterocycles. The molecule has 0 spiro atoms. The first-order valence-corrected chi connectivity index (χ1v) is 14.4. The van der Waals surface area contributed by atoms with Crippen molar-refractivity contribution in [3.63, 3.8) is 0 Å². The van der Waals surface area contributed by atoms with Gasteiger partial charge >= 0.3 is 0 Å². The highest BCUT2D eigenvalue weighted by Gasteiger charge is 2.41. The predicted molar refractivity (Wildman–Crippen MR) is 157 cm³/mol. The van der Waals surface area contributed by atoms with Crippen LogP contribution in [0.5, 0.6) is 0 Å². The summed E-state index contributed by atoms with van der Waals surface area (Å²) < 4.78 is 6.07. The molecule has 1 atom stereocenters. The minimum atomic E-state index is -0.0317. The number of ether oxygens (including phenoxy) is 1. The van der Waals surface area contributed by atoms with Gasteiger partial charge in [-0.15, -0.1) is 0 Å². The second-order valence-electron chi connectivity index (χ2n) is 10.2. The van der Waals surface area contributed by atoms with Crippen molar-refractivity contribution in [1.29, 1.82) is 0 Å². The third kappa shape index (κ3) is 5.96. The standard InChI is InChI=1S/C29H35N7O3S/c1-5-23(30-6-2)28(38)35-9-10-36(18(3)16-35)22-11-20(12-22)27(37)34-29-33-24-8-7-19(13-25(24)40-29)21-14-31-26(17-39-4)32-15-21/h5-8,13-15,18,20,22H,9-12,16-17H2,1-4H3,(H,33,34,37)/b23-5-,30-6-. The van der Waals surface area contributed by atoms with E-state index in [0.29, 0.717) is 42.4 Å². The van der Waals surface area contributed by atoms with Crippen molar-refractivity contribution >= 4 is 44.7 Å². The summed E-state index contributed by atoms with van der Waals surface area (Å²) in [6.45, 7) is 8.32. The Morgan fingerprint density at radius 3 is 2.62 bits per heavy atom. The Labute approximate surface area is 238 Å². The number of allylic oxidation sites excluding steroid dienone is 1. The fourth-order valence-electron chi connectivity index (χ4n) is 5.40. The average Bonchev–Trinajstić information content (AvgIpc) is 3.33. The molecule has 3 heterocycles. The van der Waals surface area contributed by atoms with Crippen LogP contribution in [0, 0.1) is 5.92 Å². The average molecular weight is 562 g/mol. The first-order valence-electron chi connectivity index (χ1n) is 13.6. The normalized spacial score (nSPS) is 22.1. The van der Waals surface area contributed by atoms with Crippen LogP contribution in [-0.4, -0.2) is 81.6 Å². The highest BCUT2D eigenvalue weighted by Crippen LogP contribution is 2.36. The van der Waals surface area contributed by atoms with E-state index in [1.54, 1.807) is 31.8 Å². The van der Waals surface area contributed by atoms with E-state index in [1.807, 2.05) is 30.9 Å². The summed E-state index contributed by atoms with van der Waals surface area (Å²) in [4.78, 5) is 47.6. The second kappa shape index (κ2) is 12.3. The molecule has 2 aliphatic rings. The van der Waals surface area contributed by atoms with Gasteiger partial charge in [-0.25, -0.2) is 15.0 Å². The summed E-state index contributed by atoms with van der Waals surface area (Å²) in [7, 11) is 1.62. The lowest BCUT2D eigenvalue weighted by molar-refractivity contribution is -0.132. The number of hydrogen-bond acceptors (Lipinski definition) is 9. The SMILES string of the molecule is C/C=N\C(=C/C)C(=O)N1CCN(C2CC(C(=O)Nc3nc4ccc(-c5cnc(COC)nc5)cc4s3)C2)C(C)C1. The molecule has 2 amide bonds. The van der Waals surface area contributed by atoms with E-state index in [9.17, 15) is 9.59 Å². The molecule has 1 aliphatic heterocycles. The molecular weight excluding hydrogens is 526 g/mol. The van der Waals surface area contributed by atoms with Crippen molar-refractivity contribution in [2.24, 2.45) is 10.9 Å². The molecule has 10 nitrogen and oxygen atoms in total. The van der Waals surface area contributed by atoms with Crippen molar-refractivity contribution in [3.8, 4) is 11.1 Å². The molecule has 1 unspecified atom stereocenters. The van der Waals surface area contributed by atoms with Crippen LogP contribution < -0.4 is 5.32 Å². The third-order valence-electron chi connectivity index (χ3n) is 7.61. The van der Waals surface area contributed by atoms with E-state index in [4.69, 9.17) is 4.74 Å². The molecule has 210 valence electrons. The number of piperazine rings is 1. The van der Waals surface area contributed by atoms with Gasteiger partial charge in [0, 0.05) is 68.9 Å². The molecule has 1 saturated carbocycles. The summed E-state index contributed by atoms with van der Waals surface area (Å²) in [5.74, 6) is 0.611. The Hall–Kier alpha value is -3.54. The smallest absolute Gasteiger partial charge is 0.272 e. The number of aliphatic imine (C=N–C) groups is 1. The van der Waals surface area contributed by atoms with Crippen molar-refractivity contribution < 1.29 is 14.3 Å². The van der Waals surface area contributed by atoms with E-state index in [-0.39, 0.29) is 23.8 Å². The summed E-state index contributed by atoms with van der Waals surface area (Å²) in [5, 5.41) is 3.65. The van der Waals surface area contributed by atoms with Crippen molar-refractivity contribution in [2.45, 2.75) is 52.3 Å². The molecule has 1 aliphatic carbocycles. The molecule has 0 radical (unpaired) electrons. The maximum Gasteiger partial charge on any atom is 0.272 e. The topological polar surface area (TPSA) is 113 Å². The largest absolute Gasteiger partial charge is 0.377 e. The van der Waals surface area contributed by atoms with Crippen LogP contribution in [0.3, 0.4) is 0 Å². The number of methoxy groups -OCH3 is 1. The number of aromatic nitrogens is 3. The molecular formula is C29H35N7O3S. The van der Waals surface area contributed by atoms with Gasteiger partial charge in [-0.1, -0.05) is 23.5 Å². The molecule has 1 N–H and O–H groups in total. The van der Waals surface area contributed by atoms with Crippen LogP contribution in [0.2, 0.25) is 0 Å².